The molecule has 0 saturated carbocycles. The second kappa shape index (κ2) is 7.61. The predicted molar refractivity (Wildman–Crippen MR) is 96.4 cm³/mol. The van der Waals surface area contributed by atoms with Gasteiger partial charge in [0.1, 0.15) is 5.00 Å². The van der Waals surface area contributed by atoms with Crippen LogP contribution in [0.3, 0.4) is 0 Å². The highest BCUT2D eigenvalue weighted by molar-refractivity contribution is 9.10. The molecule has 2 aromatic rings. The van der Waals surface area contributed by atoms with Gasteiger partial charge in [0, 0.05) is 15.0 Å². The maximum atomic E-state index is 12.1. The molecule has 0 aliphatic carbocycles. The molecule has 0 fully saturated rings. The number of carbonyl (C=O) groups is 2. The van der Waals surface area contributed by atoms with Gasteiger partial charge in [-0.2, -0.15) is 0 Å². The number of thiophene rings is 1. The lowest BCUT2D eigenvalue weighted by atomic mass is 10.1. The highest BCUT2D eigenvalue weighted by atomic mass is 79.9. The first kappa shape index (κ1) is 17.5. The summed E-state index contributed by atoms with van der Waals surface area (Å²) in [6.45, 7) is 3.85. The van der Waals surface area contributed by atoms with Crippen molar-refractivity contribution in [2.75, 3.05) is 24.3 Å². The van der Waals surface area contributed by atoms with Gasteiger partial charge in [0.2, 0.25) is 5.91 Å². The number of benzene rings is 1. The van der Waals surface area contributed by atoms with Crippen molar-refractivity contribution in [3.05, 3.63) is 44.7 Å². The molecule has 7 heteroatoms. The van der Waals surface area contributed by atoms with Gasteiger partial charge in [0.05, 0.1) is 19.2 Å². The number of anilines is 2. The van der Waals surface area contributed by atoms with Crippen LogP contribution in [0.2, 0.25) is 0 Å². The normalized spacial score (nSPS) is 10.3. The number of ether oxygens (including phenoxy) is 1. The number of carbonyl (C=O) groups excluding carboxylic acids is 2. The van der Waals surface area contributed by atoms with Crippen LogP contribution in [0.5, 0.6) is 0 Å². The molecule has 0 saturated heterocycles. The molecule has 0 spiro atoms. The van der Waals surface area contributed by atoms with Crippen LogP contribution in [0.4, 0.5) is 10.7 Å². The summed E-state index contributed by atoms with van der Waals surface area (Å²) >= 11 is 4.75. The summed E-state index contributed by atoms with van der Waals surface area (Å²) in [7, 11) is 1.33. The largest absolute Gasteiger partial charge is 0.465 e. The fourth-order valence-electron chi connectivity index (χ4n) is 2.01. The Hall–Kier alpha value is -1.86. The van der Waals surface area contributed by atoms with Crippen LogP contribution in [0, 0.1) is 13.8 Å². The van der Waals surface area contributed by atoms with Crippen LogP contribution in [0.25, 0.3) is 0 Å². The van der Waals surface area contributed by atoms with Crippen LogP contribution in [0.1, 0.15) is 20.8 Å². The van der Waals surface area contributed by atoms with E-state index >= 15 is 0 Å². The number of hydrogen-bond donors (Lipinski definition) is 2. The summed E-state index contributed by atoms with van der Waals surface area (Å²) in [4.78, 5) is 25.0. The lowest BCUT2D eigenvalue weighted by molar-refractivity contribution is -0.114. The van der Waals surface area contributed by atoms with Crippen molar-refractivity contribution < 1.29 is 14.3 Å². The van der Waals surface area contributed by atoms with Crippen LogP contribution in [0.15, 0.2) is 28.7 Å². The molecule has 0 atom stereocenters. The number of halogens is 1. The Morgan fingerprint density at radius 3 is 2.70 bits per heavy atom. The van der Waals surface area contributed by atoms with Crippen molar-refractivity contribution >= 4 is 49.8 Å². The zero-order valence-corrected chi connectivity index (χ0v) is 15.4. The lowest BCUT2D eigenvalue weighted by Crippen LogP contribution is -2.22. The molecule has 5 nitrogen and oxygen atoms in total. The number of rotatable bonds is 5. The summed E-state index contributed by atoms with van der Waals surface area (Å²) in [6, 6.07) is 7.54. The average Bonchev–Trinajstić information content (AvgIpc) is 2.79. The minimum Gasteiger partial charge on any atom is -0.465 e. The maximum absolute atomic E-state index is 12.1. The summed E-state index contributed by atoms with van der Waals surface area (Å²) in [5.74, 6) is -0.668. The fraction of sp³-hybridized carbons (Fsp3) is 0.250. The number of esters is 1. The highest BCUT2D eigenvalue weighted by Gasteiger charge is 2.21. The first-order valence-corrected chi connectivity index (χ1v) is 8.51. The van der Waals surface area contributed by atoms with Crippen molar-refractivity contribution in [2.45, 2.75) is 13.8 Å². The Morgan fingerprint density at radius 1 is 1.30 bits per heavy atom. The van der Waals surface area contributed by atoms with Crippen LogP contribution in [-0.4, -0.2) is 25.5 Å². The maximum Gasteiger partial charge on any atom is 0.341 e. The third-order valence-corrected chi connectivity index (χ3v) is 4.92. The van der Waals surface area contributed by atoms with E-state index < -0.39 is 5.97 Å². The number of aryl methyl sites for hydroxylation is 1. The van der Waals surface area contributed by atoms with E-state index in [9.17, 15) is 9.59 Å². The van der Waals surface area contributed by atoms with E-state index in [0.29, 0.717) is 10.6 Å². The summed E-state index contributed by atoms with van der Waals surface area (Å²) in [5, 5.41) is 6.33. The van der Waals surface area contributed by atoms with E-state index in [-0.39, 0.29) is 12.5 Å². The minimum atomic E-state index is -0.443. The van der Waals surface area contributed by atoms with Crippen molar-refractivity contribution in [1.29, 1.82) is 0 Å². The number of hydrogen-bond acceptors (Lipinski definition) is 5. The molecule has 1 aromatic carbocycles. The molecular formula is C16H17BrN2O3S. The molecule has 1 heterocycles. The third-order valence-electron chi connectivity index (χ3n) is 3.31. The number of amides is 1. The molecule has 2 rings (SSSR count). The van der Waals surface area contributed by atoms with Crippen LogP contribution in [-0.2, 0) is 9.53 Å². The second-order valence-electron chi connectivity index (χ2n) is 4.89. The highest BCUT2D eigenvalue weighted by Crippen LogP contribution is 2.32. The molecule has 23 heavy (non-hydrogen) atoms. The Labute approximate surface area is 147 Å². The minimum absolute atomic E-state index is 0.104. The number of methoxy groups -OCH3 is 1. The van der Waals surface area contributed by atoms with Gasteiger partial charge in [-0.05, 0) is 37.6 Å². The smallest absolute Gasteiger partial charge is 0.341 e. The predicted octanol–water partition coefficient (Wildman–Crippen LogP) is 3.96. The molecule has 122 valence electrons. The first-order valence-electron chi connectivity index (χ1n) is 6.90. The van der Waals surface area contributed by atoms with Gasteiger partial charge in [-0.3, -0.25) is 4.79 Å². The Bertz CT molecular complexity index is 743. The molecule has 1 aromatic heterocycles. The quantitative estimate of drug-likeness (QED) is 0.750. The van der Waals surface area contributed by atoms with Gasteiger partial charge in [0.15, 0.2) is 0 Å². The van der Waals surface area contributed by atoms with Gasteiger partial charge in [-0.1, -0.05) is 22.0 Å². The topological polar surface area (TPSA) is 67.4 Å². The lowest BCUT2D eigenvalue weighted by Gasteiger charge is -2.08. The van der Waals surface area contributed by atoms with Crippen LogP contribution < -0.4 is 10.6 Å². The van der Waals surface area contributed by atoms with Gasteiger partial charge >= 0.3 is 5.97 Å². The Kier molecular flexibility index (Phi) is 5.79. The summed E-state index contributed by atoms with van der Waals surface area (Å²) in [5.41, 5.74) is 2.09. The second-order valence-corrected chi connectivity index (χ2v) is 7.03. The zero-order chi connectivity index (χ0) is 17.0. The summed E-state index contributed by atoms with van der Waals surface area (Å²) < 4.78 is 5.72. The summed E-state index contributed by atoms with van der Waals surface area (Å²) in [6.07, 6.45) is 0. The molecule has 0 unspecified atom stereocenters. The molecule has 0 aliphatic rings. The van der Waals surface area contributed by atoms with Gasteiger partial charge < -0.3 is 15.4 Å². The molecular weight excluding hydrogens is 380 g/mol. The first-order chi connectivity index (χ1) is 10.9. The molecule has 1 amide bonds. The van der Waals surface area contributed by atoms with Crippen molar-refractivity contribution in [3.63, 3.8) is 0 Å². The molecule has 0 radical (unpaired) electrons. The zero-order valence-electron chi connectivity index (χ0n) is 13.0. The molecule has 2 N–H and O–H groups in total. The fourth-order valence-corrected chi connectivity index (χ4v) is 3.48. The van der Waals surface area contributed by atoms with E-state index in [1.807, 2.05) is 38.1 Å². The monoisotopic (exact) mass is 396 g/mol. The van der Waals surface area contributed by atoms with Crippen LogP contribution >= 0.6 is 27.3 Å². The van der Waals surface area contributed by atoms with Crippen molar-refractivity contribution in [3.8, 4) is 0 Å². The van der Waals surface area contributed by atoms with E-state index in [4.69, 9.17) is 4.74 Å². The number of nitrogens with one attached hydrogen (secondary N) is 2. The Morgan fingerprint density at radius 2 is 2.04 bits per heavy atom. The van der Waals surface area contributed by atoms with Crippen molar-refractivity contribution in [1.82, 2.24) is 0 Å². The van der Waals surface area contributed by atoms with Gasteiger partial charge in [-0.15, -0.1) is 11.3 Å². The van der Waals surface area contributed by atoms with Crippen molar-refractivity contribution in [2.24, 2.45) is 0 Å². The molecule has 0 bridgehead atoms. The van der Waals surface area contributed by atoms with E-state index in [0.717, 1.165) is 20.6 Å². The van der Waals surface area contributed by atoms with E-state index in [1.165, 1.54) is 18.4 Å². The standard InChI is InChI=1S/C16H17BrN2O3S/c1-9-10(2)23-15(14(9)16(21)22-3)19-13(20)8-18-12-6-4-5-11(17)7-12/h4-7,18H,8H2,1-3H3,(H,19,20). The average molecular weight is 397 g/mol. The van der Waals surface area contributed by atoms with E-state index in [1.54, 1.807) is 0 Å². The van der Waals surface area contributed by atoms with Gasteiger partial charge in [0.25, 0.3) is 0 Å². The third kappa shape index (κ3) is 4.33. The van der Waals surface area contributed by atoms with E-state index in [2.05, 4.69) is 26.6 Å². The molecule has 0 aliphatic heterocycles. The Balaban J connectivity index is 2.06. The SMILES string of the molecule is COC(=O)c1c(NC(=O)CNc2cccc(Br)c2)sc(C)c1C. The van der Waals surface area contributed by atoms with Gasteiger partial charge in [-0.25, -0.2) is 4.79 Å².